The molecule has 1 aliphatic heterocycles. The average molecular weight is 273 g/mol. The Balaban J connectivity index is 1.86. The molecule has 0 fully saturated rings. The summed E-state index contributed by atoms with van der Waals surface area (Å²) in [5, 5.41) is 0.552. The predicted molar refractivity (Wildman–Crippen MR) is 79.6 cm³/mol. The van der Waals surface area contributed by atoms with Crippen molar-refractivity contribution in [2.45, 2.75) is 19.9 Å². The summed E-state index contributed by atoms with van der Waals surface area (Å²) >= 11 is 5.83. The van der Waals surface area contributed by atoms with Crippen molar-refractivity contribution in [2.75, 3.05) is 11.4 Å². The van der Waals surface area contributed by atoms with Crippen LogP contribution in [-0.2, 0) is 13.0 Å². The highest BCUT2D eigenvalue weighted by molar-refractivity contribution is 6.29. The zero-order valence-corrected chi connectivity index (χ0v) is 11.8. The van der Waals surface area contributed by atoms with Gasteiger partial charge in [-0.2, -0.15) is 0 Å². The second-order valence-corrected chi connectivity index (χ2v) is 5.69. The van der Waals surface area contributed by atoms with Crippen LogP contribution in [0.15, 0.2) is 42.6 Å². The third-order valence-corrected chi connectivity index (χ3v) is 3.82. The van der Waals surface area contributed by atoms with Crippen LogP contribution in [-0.4, -0.2) is 11.5 Å². The number of rotatable bonds is 2. The highest BCUT2D eigenvalue weighted by Gasteiger charge is 2.21. The summed E-state index contributed by atoms with van der Waals surface area (Å²) < 4.78 is 0. The van der Waals surface area contributed by atoms with Crippen LogP contribution in [0.3, 0.4) is 0 Å². The van der Waals surface area contributed by atoms with Crippen LogP contribution in [0.25, 0.3) is 0 Å². The van der Waals surface area contributed by atoms with Gasteiger partial charge in [0, 0.05) is 25.0 Å². The first kappa shape index (κ1) is 12.5. The summed E-state index contributed by atoms with van der Waals surface area (Å²) in [6.45, 7) is 4.30. The van der Waals surface area contributed by atoms with E-state index >= 15 is 0 Å². The molecular weight excluding hydrogens is 256 g/mol. The van der Waals surface area contributed by atoms with Crippen molar-refractivity contribution in [1.82, 2.24) is 4.98 Å². The minimum Gasteiger partial charge on any atom is -0.367 e. The minimum absolute atomic E-state index is 0.552. The van der Waals surface area contributed by atoms with E-state index in [1.807, 2.05) is 12.3 Å². The maximum atomic E-state index is 5.83. The summed E-state index contributed by atoms with van der Waals surface area (Å²) in [6.07, 6.45) is 3.04. The molecule has 3 rings (SSSR count). The van der Waals surface area contributed by atoms with Gasteiger partial charge in [-0.15, -0.1) is 0 Å². The Morgan fingerprint density at radius 2 is 2.11 bits per heavy atom. The normalized spacial score (nSPS) is 18.2. The van der Waals surface area contributed by atoms with E-state index in [1.165, 1.54) is 23.2 Å². The van der Waals surface area contributed by atoms with Crippen molar-refractivity contribution in [3.05, 3.63) is 58.9 Å². The molecule has 0 radical (unpaired) electrons. The molecule has 2 aromatic rings. The maximum absolute atomic E-state index is 5.83. The Kier molecular flexibility index (Phi) is 3.43. The number of pyridine rings is 1. The van der Waals surface area contributed by atoms with Crippen molar-refractivity contribution < 1.29 is 0 Å². The van der Waals surface area contributed by atoms with Crippen LogP contribution < -0.4 is 4.90 Å². The van der Waals surface area contributed by atoms with Gasteiger partial charge in [-0.05, 0) is 35.6 Å². The van der Waals surface area contributed by atoms with E-state index in [4.69, 9.17) is 11.6 Å². The fraction of sp³-hybridized carbons (Fsp3) is 0.312. The van der Waals surface area contributed by atoms with E-state index in [9.17, 15) is 0 Å². The molecule has 0 aliphatic carbocycles. The monoisotopic (exact) mass is 272 g/mol. The zero-order chi connectivity index (χ0) is 13.2. The lowest BCUT2D eigenvalue weighted by molar-refractivity contribution is 0.530. The molecule has 2 nitrogen and oxygen atoms in total. The molecule has 19 heavy (non-hydrogen) atoms. The Hall–Kier alpha value is -1.54. The Morgan fingerprint density at radius 1 is 1.26 bits per heavy atom. The van der Waals surface area contributed by atoms with Crippen LogP contribution in [0.4, 0.5) is 5.69 Å². The van der Waals surface area contributed by atoms with Crippen LogP contribution >= 0.6 is 11.6 Å². The SMILES string of the molecule is CC1Cc2ccccc2N(Cc2ccc(Cl)nc2)C1. The second kappa shape index (κ2) is 5.22. The summed E-state index contributed by atoms with van der Waals surface area (Å²) in [7, 11) is 0. The molecule has 1 unspecified atom stereocenters. The lowest BCUT2D eigenvalue weighted by Crippen LogP contribution is -2.33. The number of para-hydroxylation sites is 1. The zero-order valence-electron chi connectivity index (χ0n) is 11.0. The summed E-state index contributed by atoms with van der Waals surface area (Å²) in [5.41, 5.74) is 4.01. The van der Waals surface area contributed by atoms with Crippen molar-refractivity contribution in [3.63, 3.8) is 0 Å². The number of fused-ring (bicyclic) bond motifs is 1. The molecule has 1 aromatic heterocycles. The van der Waals surface area contributed by atoms with Gasteiger partial charge < -0.3 is 4.90 Å². The molecule has 98 valence electrons. The first-order valence-corrected chi connectivity index (χ1v) is 7.03. The number of aromatic nitrogens is 1. The van der Waals surface area contributed by atoms with E-state index in [1.54, 1.807) is 0 Å². The van der Waals surface area contributed by atoms with Gasteiger partial charge in [0.25, 0.3) is 0 Å². The number of hydrogen-bond donors (Lipinski definition) is 0. The smallest absolute Gasteiger partial charge is 0.129 e. The molecule has 0 spiro atoms. The second-order valence-electron chi connectivity index (χ2n) is 5.31. The summed E-state index contributed by atoms with van der Waals surface area (Å²) in [6, 6.07) is 12.6. The first-order chi connectivity index (χ1) is 9.22. The number of anilines is 1. The van der Waals surface area contributed by atoms with Gasteiger partial charge in [-0.3, -0.25) is 0 Å². The highest BCUT2D eigenvalue weighted by atomic mass is 35.5. The van der Waals surface area contributed by atoms with Crippen LogP contribution in [0, 0.1) is 5.92 Å². The van der Waals surface area contributed by atoms with Crippen molar-refractivity contribution in [1.29, 1.82) is 0 Å². The molecule has 1 atom stereocenters. The molecule has 0 bridgehead atoms. The van der Waals surface area contributed by atoms with Gasteiger partial charge >= 0.3 is 0 Å². The van der Waals surface area contributed by atoms with Crippen LogP contribution in [0.5, 0.6) is 0 Å². The quantitative estimate of drug-likeness (QED) is 0.770. The number of benzene rings is 1. The molecule has 0 saturated heterocycles. The average Bonchev–Trinajstić information content (AvgIpc) is 2.41. The van der Waals surface area contributed by atoms with E-state index in [0.717, 1.165) is 13.1 Å². The Morgan fingerprint density at radius 3 is 2.89 bits per heavy atom. The first-order valence-electron chi connectivity index (χ1n) is 6.65. The molecule has 2 heterocycles. The van der Waals surface area contributed by atoms with Gasteiger partial charge in [-0.25, -0.2) is 4.98 Å². The lowest BCUT2D eigenvalue weighted by atomic mass is 9.93. The van der Waals surface area contributed by atoms with E-state index in [2.05, 4.69) is 47.1 Å². The number of halogens is 1. The standard InChI is InChI=1S/C16H17ClN2/c1-12-8-14-4-2-3-5-15(14)19(10-12)11-13-6-7-16(17)18-9-13/h2-7,9,12H,8,10-11H2,1H3. The molecule has 1 aromatic carbocycles. The fourth-order valence-electron chi connectivity index (χ4n) is 2.78. The van der Waals surface area contributed by atoms with Crippen LogP contribution in [0.1, 0.15) is 18.1 Å². The van der Waals surface area contributed by atoms with Crippen molar-refractivity contribution in [2.24, 2.45) is 5.92 Å². The lowest BCUT2D eigenvalue weighted by Gasteiger charge is -2.34. The van der Waals surface area contributed by atoms with Gasteiger partial charge in [0.15, 0.2) is 0 Å². The van der Waals surface area contributed by atoms with Crippen molar-refractivity contribution in [3.8, 4) is 0 Å². The number of hydrogen-bond acceptors (Lipinski definition) is 2. The molecule has 1 aliphatic rings. The Labute approximate surface area is 119 Å². The molecule has 0 N–H and O–H groups in total. The third-order valence-electron chi connectivity index (χ3n) is 3.59. The van der Waals surface area contributed by atoms with Crippen molar-refractivity contribution >= 4 is 17.3 Å². The van der Waals surface area contributed by atoms with Crippen LogP contribution in [0.2, 0.25) is 5.15 Å². The van der Waals surface area contributed by atoms with Gasteiger partial charge in [0.05, 0.1) is 0 Å². The minimum atomic E-state index is 0.552. The molecular formula is C16H17ClN2. The van der Waals surface area contributed by atoms with Gasteiger partial charge in [0.1, 0.15) is 5.15 Å². The highest BCUT2D eigenvalue weighted by Crippen LogP contribution is 2.30. The molecule has 3 heteroatoms. The maximum Gasteiger partial charge on any atom is 0.129 e. The predicted octanol–water partition coefficient (Wildman–Crippen LogP) is 3.93. The molecule has 0 amide bonds. The third kappa shape index (κ3) is 2.74. The largest absolute Gasteiger partial charge is 0.367 e. The summed E-state index contributed by atoms with van der Waals surface area (Å²) in [4.78, 5) is 6.60. The fourth-order valence-corrected chi connectivity index (χ4v) is 2.89. The van der Waals surface area contributed by atoms with Gasteiger partial charge in [-0.1, -0.05) is 42.8 Å². The topological polar surface area (TPSA) is 16.1 Å². The Bertz CT molecular complexity index is 565. The van der Waals surface area contributed by atoms with Gasteiger partial charge in [0.2, 0.25) is 0 Å². The van der Waals surface area contributed by atoms with E-state index in [-0.39, 0.29) is 0 Å². The molecule has 0 saturated carbocycles. The van der Waals surface area contributed by atoms with E-state index < -0.39 is 0 Å². The van der Waals surface area contributed by atoms with E-state index in [0.29, 0.717) is 11.1 Å². The number of nitrogens with zero attached hydrogens (tertiary/aromatic N) is 2. The summed E-state index contributed by atoms with van der Waals surface area (Å²) in [5.74, 6) is 0.690.